The van der Waals surface area contributed by atoms with E-state index < -0.39 is 5.97 Å². The number of aryl methyl sites for hydroxylation is 1. The van der Waals surface area contributed by atoms with Gasteiger partial charge in [0.15, 0.2) is 5.69 Å². The van der Waals surface area contributed by atoms with Gasteiger partial charge in [-0.3, -0.25) is 4.68 Å². The summed E-state index contributed by atoms with van der Waals surface area (Å²) in [5.74, 6) is -0.408. The predicted molar refractivity (Wildman–Crippen MR) is 65.0 cm³/mol. The molecule has 0 N–H and O–H groups in total. The third-order valence-electron chi connectivity index (χ3n) is 2.27. The van der Waals surface area contributed by atoms with Crippen LogP contribution in [0.15, 0.2) is 17.6 Å². The van der Waals surface area contributed by atoms with Gasteiger partial charge in [0, 0.05) is 18.1 Å². The minimum atomic E-state index is -0.408. The molecular formula is C11H13N3O2S. The molecule has 0 fully saturated rings. The van der Waals surface area contributed by atoms with E-state index in [2.05, 4.69) is 21.7 Å². The van der Waals surface area contributed by atoms with Crippen molar-refractivity contribution in [2.75, 3.05) is 7.11 Å². The summed E-state index contributed by atoms with van der Waals surface area (Å²) < 4.78 is 6.52. The molecule has 0 atom stereocenters. The Morgan fingerprint density at radius 2 is 2.41 bits per heavy atom. The van der Waals surface area contributed by atoms with Crippen LogP contribution in [0.2, 0.25) is 0 Å². The lowest BCUT2D eigenvalue weighted by atomic mass is 10.4. The van der Waals surface area contributed by atoms with Gasteiger partial charge in [-0.1, -0.05) is 6.92 Å². The Kier molecular flexibility index (Phi) is 3.53. The summed E-state index contributed by atoms with van der Waals surface area (Å²) in [5, 5.41) is 6.71. The number of methoxy groups -OCH3 is 1. The van der Waals surface area contributed by atoms with Gasteiger partial charge in [0.05, 0.1) is 12.8 Å². The van der Waals surface area contributed by atoms with Gasteiger partial charge in [0.2, 0.25) is 0 Å². The van der Waals surface area contributed by atoms with E-state index in [4.69, 9.17) is 0 Å². The monoisotopic (exact) mass is 251 g/mol. The first kappa shape index (κ1) is 11.8. The Labute approximate surface area is 103 Å². The minimum absolute atomic E-state index is 0.344. The van der Waals surface area contributed by atoms with Crippen LogP contribution in [0.25, 0.3) is 10.7 Å². The third-order valence-corrected chi connectivity index (χ3v) is 3.13. The van der Waals surface area contributed by atoms with Crippen molar-refractivity contribution in [3.63, 3.8) is 0 Å². The summed E-state index contributed by atoms with van der Waals surface area (Å²) >= 11 is 1.42. The highest BCUT2D eigenvalue weighted by Crippen LogP contribution is 2.23. The molecule has 0 amide bonds. The van der Waals surface area contributed by atoms with Crippen molar-refractivity contribution in [3.8, 4) is 10.7 Å². The molecule has 0 saturated carbocycles. The number of rotatable bonds is 4. The van der Waals surface area contributed by atoms with Gasteiger partial charge in [0.1, 0.15) is 5.01 Å². The Balaban J connectivity index is 2.30. The fourth-order valence-electron chi connectivity index (χ4n) is 1.49. The Morgan fingerprint density at radius 3 is 3.12 bits per heavy atom. The summed E-state index contributed by atoms with van der Waals surface area (Å²) in [6.07, 6.45) is 2.74. The first-order valence-electron chi connectivity index (χ1n) is 5.32. The molecule has 0 saturated heterocycles. The van der Waals surface area contributed by atoms with Crippen LogP contribution in [-0.2, 0) is 11.3 Å². The largest absolute Gasteiger partial charge is 0.464 e. The standard InChI is InChI=1S/C11H13N3O2S/c1-3-6-14-9(4-5-12-14)10-13-8(7-17-10)11(15)16-2/h4-5,7H,3,6H2,1-2H3. The molecule has 5 nitrogen and oxygen atoms in total. The molecule has 0 radical (unpaired) electrons. The SMILES string of the molecule is CCCn1nccc1-c1nc(C(=O)OC)cs1. The van der Waals surface area contributed by atoms with Gasteiger partial charge in [-0.2, -0.15) is 5.10 Å². The highest BCUT2D eigenvalue weighted by atomic mass is 32.1. The maximum Gasteiger partial charge on any atom is 0.357 e. The topological polar surface area (TPSA) is 57.0 Å². The van der Waals surface area contributed by atoms with Gasteiger partial charge in [-0.25, -0.2) is 9.78 Å². The summed E-state index contributed by atoms with van der Waals surface area (Å²) in [6.45, 7) is 2.93. The zero-order chi connectivity index (χ0) is 12.3. The second-order valence-corrected chi connectivity index (χ2v) is 4.33. The number of hydrogen-bond donors (Lipinski definition) is 0. The molecule has 0 bridgehead atoms. The lowest BCUT2D eigenvalue weighted by Crippen LogP contribution is -2.03. The number of carbonyl (C=O) groups excluding carboxylic acids is 1. The van der Waals surface area contributed by atoms with Crippen LogP contribution in [-0.4, -0.2) is 27.8 Å². The molecule has 0 spiro atoms. The van der Waals surface area contributed by atoms with Gasteiger partial charge in [0.25, 0.3) is 0 Å². The van der Waals surface area contributed by atoms with E-state index in [9.17, 15) is 4.79 Å². The van der Waals surface area contributed by atoms with Crippen LogP contribution in [0, 0.1) is 0 Å². The normalized spacial score (nSPS) is 10.5. The van der Waals surface area contributed by atoms with Crippen molar-refractivity contribution in [1.29, 1.82) is 0 Å². The first-order chi connectivity index (χ1) is 8.26. The van der Waals surface area contributed by atoms with Crippen molar-refractivity contribution in [2.24, 2.45) is 0 Å². The van der Waals surface area contributed by atoms with Crippen LogP contribution in [0.5, 0.6) is 0 Å². The smallest absolute Gasteiger partial charge is 0.357 e. The average Bonchev–Trinajstić information content (AvgIpc) is 2.96. The van der Waals surface area contributed by atoms with Crippen molar-refractivity contribution in [1.82, 2.24) is 14.8 Å². The lowest BCUT2D eigenvalue weighted by molar-refractivity contribution is 0.0595. The molecule has 90 valence electrons. The molecule has 2 aromatic rings. The van der Waals surface area contributed by atoms with E-state index in [1.807, 2.05) is 10.7 Å². The number of aromatic nitrogens is 3. The molecule has 2 heterocycles. The van der Waals surface area contributed by atoms with Gasteiger partial charge in [-0.05, 0) is 12.5 Å². The number of esters is 1. The summed E-state index contributed by atoms with van der Waals surface area (Å²) in [6, 6.07) is 1.90. The lowest BCUT2D eigenvalue weighted by Gasteiger charge is -2.02. The first-order valence-corrected chi connectivity index (χ1v) is 6.20. The average molecular weight is 251 g/mol. The molecule has 0 aromatic carbocycles. The van der Waals surface area contributed by atoms with Gasteiger partial charge < -0.3 is 4.74 Å². The third kappa shape index (κ3) is 2.36. The minimum Gasteiger partial charge on any atom is -0.464 e. The zero-order valence-corrected chi connectivity index (χ0v) is 10.5. The second kappa shape index (κ2) is 5.09. The van der Waals surface area contributed by atoms with Crippen LogP contribution < -0.4 is 0 Å². The molecule has 0 aliphatic carbocycles. The van der Waals surface area contributed by atoms with E-state index in [0.29, 0.717) is 5.69 Å². The van der Waals surface area contributed by atoms with Gasteiger partial charge in [-0.15, -0.1) is 11.3 Å². The van der Waals surface area contributed by atoms with Crippen LogP contribution in [0.4, 0.5) is 0 Å². The summed E-state index contributed by atoms with van der Waals surface area (Å²) in [7, 11) is 1.35. The molecule has 0 unspecified atom stereocenters. The summed E-state index contributed by atoms with van der Waals surface area (Å²) in [4.78, 5) is 15.6. The molecule has 6 heteroatoms. The fourth-order valence-corrected chi connectivity index (χ4v) is 2.31. The van der Waals surface area contributed by atoms with Crippen molar-refractivity contribution in [3.05, 3.63) is 23.3 Å². The predicted octanol–water partition coefficient (Wildman–Crippen LogP) is 2.20. The van der Waals surface area contributed by atoms with Crippen LogP contribution in [0.3, 0.4) is 0 Å². The highest BCUT2D eigenvalue weighted by Gasteiger charge is 2.14. The number of ether oxygens (including phenoxy) is 1. The number of carbonyl (C=O) groups is 1. The quantitative estimate of drug-likeness (QED) is 0.782. The molecular weight excluding hydrogens is 238 g/mol. The van der Waals surface area contributed by atoms with Gasteiger partial charge >= 0.3 is 5.97 Å². The van der Waals surface area contributed by atoms with E-state index >= 15 is 0 Å². The number of hydrogen-bond acceptors (Lipinski definition) is 5. The van der Waals surface area contributed by atoms with E-state index in [0.717, 1.165) is 23.7 Å². The summed E-state index contributed by atoms with van der Waals surface area (Å²) in [5.41, 5.74) is 1.28. The second-order valence-electron chi connectivity index (χ2n) is 3.47. The van der Waals surface area contributed by atoms with Crippen LogP contribution in [0.1, 0.15) is 23.8 Å². The Morgan fingerprint density at radius 1 is 1.59 bits per heavy atom. The molecule has 0 aliphatic heterocycles. The van der Waals surface area contributed by atoms with Crippen molar-refractivity contribution >= 4 is 17.3 Å². The molecule has 17 heavy (non-hydrogen) atoms. The molecule has 2 rings (SSSR count). The number of nitrogens with zero attached hydrogens (tertiary/aromatic N) is 3. The maximum absolute atomic E-state index is 11.3. The Hall–Kier alpha value is -1.69. The van der Waals surface area contributed by atoms with E-state index in [-0.39, 0.29) is 0 Å². The van der Waals surface area contributed by atoms with Crippen molar-refractivity contribution < 1.29 is 9.53 Å². The van der Waals surface area contributed by atoms with E-state index in [1.54, 1.807) is 11.6 Å². The van der Waals surface area contributed by atoms with E-state index in [1.165, 1.54) is 18.4 Å². The molecule has 2 aromatic heterocycles. The zero-order valence-electron chi connectivity index (χ0n) is 9.71. The molecule has 0 aliphatic rings. The van der Waals surface area contributed by atoms with Crippen LogP contribution >= 0.6 is 11.3 Å². The highest BCUT2D eigenvalue weighted by molar-refractivity contribution is 7.13. The Bertz CT molecular complexity index is 518. The fraction of sp³-hybridized carbons (Fsp3) is 0.364. The van der Waals surface area contributed by atoms with Crippen molar-refractivity contribution in [2.45, 2.75) is 19.9 Å². The number of thiazole rings is 1. The maximum atomic E-state index is 11.3.